The summed E-state index contributed by atoms with van der Waals surface area (Å²) in [6.45, 7) is 3.07. The van der Waals surface area contributed by atoms with Gasteiger partial charge < -0.3 is 25.1 Å². The van der Waals surface area contributed by atoms with Crippen LogP contribution in [0.25, 0.3) is 22.4 Å². The molecule has 1 aliphatic heterocycles. The SMILES string of the molecule is CC(=O)N1CCC(Oc2ccc(-c3nc4cc(OC(N)=O)ccc4[nH]3)cc2)CC1. The highest BCUT2D eigenvalue weighted by Crippen LogP contribution is 2.26. The number of benzene rings is 2. The second-order valence-electron chi connectivity index (χ2n) is 7.03. The van der Waals surface area contributed by atoms with Crippen molar-refractivity contribution in [3.63, 3.8) is 0 Å². The predicted octanol–water partition coefficient (Wildman–Crippen LogP) is 3.08. The molecule has 0 aliphatic carbocycles. The number of piperidine rings is 1. The highest BCUT2D eigenvalue weighted by Gasteiger charge is 2.21. The van der Waals surface area contributed by atoms with Gasteiger partial charge in [-0.3, -0.25) is 4.79 Å². The predicted molar refractivity (Wildman–Crippen MR) is 108 cm³/mol. The fraction of sp³-hybridized carbons (Fsp3) is 0.286. The van der Waals surface area contributed by atoms with Crippen molar-refractivity contribution in [1.82, 2.24) is 14.9 Å². The molecule has 0 atom stereocenters. The Kier molecular flexibility index (Phi) is 5.07. The first-order valence-electron chi connectivity index (χ1n) is 9.47. The third-order valence-electron chi connectivity index (χ3n) is 4.99. The van der Waals surface area contributed by atoms with Crippen molar-refractivity contribution in [2.75, 3.05) is 13.1 Å². The van der Waals surface area contributed by atoms with Crippen LogP contribution in [0, 0.1) is 0 Å². The van der Waals surface area contributed by atoms with Crippen molar-refractivity contribution in [1.29, 1.82) is 0 Å². The number of fused-ring (bicyclic) bond motifs is 1. The van der Waals surface area contributed by atoms with Crippen LogP contribution in [0.4, 0.5) is 4.79 Å². The number of rotatable bonds is 4. The molecule has 0 unspecified atom stereocenters. The lowest BCUT2D eigenvalue weighted by Gasteiger charge is -2.31. The minimum Gasteiger partial charge on any atom is -0.490 e. The van der Waals surface area contributed by atoms with E-state index in [0.29, 0.717) is 17.1 Å². The fourth-order valence-electron chi connectivity index (χ4n) is 3.47. The number of likely N-dealkylation sites (tertiary alicyclic amines) is 1. The molecule has 1 saturated heterocycles. The van der Waals surface area contributed by atoms with Crippen molar-refractivity contribution < 1.29 is 19.1 Å². The van der Waals surface area contributed by atoms with Gasteiger partial charge in [-0.15, -0.1) is 0 Å². The Morgan fingerprint density at radius 1 is 1.10 bits per heavy atom. The summed E-state index contributed by atoms with van der Waals surface area (Å²) in [4.78, 5) is 32.0. The van der Waals surface area contributed by atoms with E-state index in [1.807, 2.05) is 29.2 Å². The summed E-state index contributed by atoms with van der Waals surface area (Å²) in [6, 6.07) is 12.8. The smallest absolute Gasteiger partial charge is 0.409 e. The van der Waals surface area contributed by atoms with Gasteiger partial charge in [0, 0.05) is 44.5 Å². The van der Waals surface area contributed by atoms with Gasteiger partial charge in [0.2, 0.25) is 5.91 Å². The van der Waals surface area contributed by atoms with Gasteiger partial charge in [-0.1, -0.05) is 0 Å². The van der Waals surface area contributed by atoms with Crippen LogP contribution in [0.5, 0.6) is 11.5 Å². The number of H-pyrrole nitrogens is 1. The highest BCUT2D eigenvalue weighted by atomic mass is 16.5. The fourth-order valence-corrected chi connectivity index (χ4v) is 3.47. The molecule has 2 heterocycles. The first kappa shape index (κ1) is 18.8. The average molecular weight is 394 g/mol. The third kappa shape index (κ3) is 4.31. The normalized spacial score (nSPS) is 14.7. The zero-order valence-corrected chi connectivity index (χ0v) is 16.1. The number of nitrogens with zero attached hydrogens (tertiary/aromatic N) is 2. The summed E-state index contributed by atoms with van der Waals surface area (Å²) in [5.74, 6) is 1.97. The van der Waals surface area contributed by atoms with E-state index < -0.39 is 6.09 Å². The maximum atomic E-state index is 11.4. The second kappa shape index (κ2) is 7.83. The number of carbonyl (C=O) groups is 2. The van der Waals surface area contributed by atoms with Crippen LogP contribution in [0.2, 0.25) is 0 Å². The zero-order valence-electron chi connectivity index (χ0n) is 16.1. The molecule has 150 valence electrons. The van der Waals surface area contributed by atoms with Crippen LogP contribution in [0.15, 0.2) is 42.5 Å². The van der Waals surface area contributed by atoms with Crippen molar-refractivity contribution in [3.05, 3.63) is 42.5 Å². The van der Waals surface area contributed by atoms with Gasteiger partial charge in [-0.25, -0.2) is 9.78 Å². The van der Waals surface area contributed by atoms with Crippen LogP contribution in [0.1, 0.15) is 19.8 Å². The molecule has 1 aliphatic rings. The summed E-state index contributed by atoms with van der Waals surface area (Å²) in [6.07, 6.45) is 0.926. The summed E-state index contributed by atoms with van der Waals surface area (Å²) in [5, 5.41) is 0. The maximum absolute atomic E-state index is 11.4. The minimum atomic E-state index is -0.859. The molecule has 4 rings (SSSR count). The lowest BCUT2D eigenvalue weighted by Crippen LogP contribution is -2.40. The standard InChI is InChI=1S/C21H22N4O4/c1-13(26)25-10-8-16(9-11-25)28-15-4-2-14(3-5-15)20-23-18-7-6-17(29-21(22)27)12-19(18)24-20/h2-7,12,16H,8-11H2,1H3,(H2,22,27)(H,23,24). The molecule has 0 bridgehead atoms. The quantitative estimate of drug-likeness (QED) is 0.706. The lowest BCUT2D eigenvalue weighted by atomic mass is 10.1. The maximum Gasteiger partial charge on any atom is 0.409 e. The number of nitrogens with one attached hydrogen (secondary N) is 1. The van der Waals surface area contributed by atoms with Gasteiger partial charge in [0.1, 0.15) is 23.4 Å². The van der Waals surface area contributed by atoms with Gasteiger partial charge in [0.25, 0.3) is 0 Å². The molecule has 2 aromatic carbocycles. The monoisotopic (exact) mass is 394 g/mol. The molecule has 1 fully saturated rings. The number of hydrogen-bond donors (Lipinski definition) is 2. The van der Waals surface area contributed by atoms with Gasteiger partial charge in [-0.2, -0.15) is 0 Å². The Balaban J connectivity index is 1.44. The molecule has 29 heavy (non-hydrogen) atoms. The average Bonchev–Trinajstić information content (AvgIpc) is 3.12. The Labute approximate surface area is 167 Å². The molecule has 3 aromatic rings. The van der Waals surface area contributed by atoms with E-state index >= 15 is 0 Å². The van der Waals surface area contributed by atoms with E-state index in [-0.39, 0.29) is 12.0 Å². The van der Waals surface area contributed by atoms with Gasteiger partial charge >= 0.3 is 6.09 Å². The van der Waals surface area contributed by atoms with E-state index in [1.165, 1.54) is 0 Å². The van der Waals surface area contributed by atoms with E-state index in [9.17, 15) is 9.59 Å². The lowest BCUT2D eigenvalue weighted by molar-refractivity contribution is -0.130. The second-order valence-corrected chi connectivity index (χ2v) is 7.03. The number of carbonyl (C=O) groups excluding carboxylic acids is 2. The third-order valence-corrected chi connectivity index (χ3v) is 4.99. The number of aromatic amines is 1. The van der Waals surface area contributed by atoms with Crippen molar-refractivity contribution in [2.24, 2.45) is 5.73 Å². The van der Waals surface area contributed by atoms with Gasteiger partial charge in [0.05, 0.1) is 11.0 Å². The summed E-state index contributed by atoms with van der Waals surface area (Å²) in [7, 11) is 0. The van der Waals surface area contributed by atoms with Crippen LogP contribution in [0.3, 0.4) is 0 Å². The van der Waals surface area contributed by atoms with E-state index in [4.69, 9.17) is 15.2 Å². The molecule has 2 amide bonds. The summed E-state index contributed by atoms with van der Waals surface area (Å²) in [5.41, 5.74) is 7.47. The largest absolute Gasteiger partial charge is 0.490 e. The van der Waals surface area contributed by atoms with Gasteiger partial charge in [0.15, 0.2) is 0 Å². The highest BCUT2D eigenvalue weighted by molar-refractivity contribution is 5.81. The summed E-state index contributed by atoms with van der Waals surface area (Å²) >= 11 is 0. The van der Waals surface area contributed by atoms with Crippen LogP contribution in [-0.2, 0) is 4.79 Å². The Hall–Kier alpha value is -3.55. The number of aromatic nitrogens is 2. The molecule has 3 N–H and O–H groups in total. The number of nitrogens with two attached hydrogens (primary N) is 1. The van der Waals surface area contributed by atoms with Crippen LogP contribution < -0.4 is 15.2 Å². The molecule has 0 radical (unpaired) electrons. The zero-order chi connectivity index (χ0) is 20.4. The number of primary amides is 1. The van der Waals surface area contributed by atoms with Crippen LogP contribution >= 0.6 is 0 Å². The Bertz CT molecular complexity index is 1040. The topological polar surface area (TPSA) is 111 Å². The van der Waals surface area contributed by atoms with Crippen molar-refractivity contribution >= 4 is 23.0 Å². The minimum absolute atomic E-state index is 0.117. The number of ether oxygens (including phenoxy) is 2. The molecule has 1 aromatic heterocycles. The van der Waals surface area contributed by atoms with Crippen LogP contribution in [-0.4, -0.2) is 46.1 Å². The molecular weight excluding hydrogens is 372 g/mol. The van der Waals surface area contributed by atoms with Crippen molar-refractivity contribution in [2.45, 2.75) is 25.9 Å². The molecular formula is C21H22N4O4. The Morgan fingerprint density at radius 2 is 1.79 bits per heavy atom. The molecule has 8 nitrogen and oxygen atoms in total. The number of hydrogen-bond acceptors (Lipinski definition) is 5. The van der Waals surface area contributed by atoms with Crippen molar-refractivity contribution in [3.8, 4) is 22.9 Å². The Morgan fingerprint density at radius 3 is 2.45 bits per heavy atom. The molecule has 0 spiro atoms. The van der Waals surface area contributed by atoms with E-state index in [1.54, 1.807) is 25.1 Å². The van der Waals surface area contributed by atoms with Gasteiger partial charge in [-0.05, 0) is 36.4 Å². The van der Waals surface area contributed by atoms with E-state index in [2.05, 4.69) is 9.97 Å². The first-order chi connectivity index (χ1) is 14.0. The first-order valence-corrected chi connectivity index (χ1v) is 9.47. The van der Waals surface area contributed by atoms with E-state index in [0.717, 1.165) is 42.8 Å². The summed E-state index contributed by atoms with van der Waals surface area (Å²) < 4.78 is 10.9. The molecule has 0 saturated carbocycles. The number of imidazole rings is 1. The number of amides is 2. The molecule has 8 heteroatoms.